The average Bonchev–Trinajstić information content (AvgIpc) is 2.56. The summed E-state index contributed by atoms with van der Waals surface area (Å²) in [5.41, 5.74) is 12.5. The second kappa shape index (κ2) is 7.86. The Balaban J connectivity index is 2.37. The van der Waals surface area contributed by atoms with Gasteiger partial charge in [-0.2, -0.15) is 0 Å². The van der Waals surface area contributed by atoms with Crippen LogP contribution in [0.2, 0.25) is 5.02 Å². The average molecular weight is 344 g/mol. The molecule has 0 N–H and O–H groups in total. The molecule has 0 radical (unpaired) electrons. The van der Waals surface area contributed by atoms with Crippen LogP contribution in [0.25, 0.3) is 10.4 Å². The van der Waals surface area contributed by atoms with Crippen LogP contribution in [-0.4, -0.2) is 5.91 Å². The van der Waals surface area contributed by atoms with Gasteiger partial charge in [-0.15, -0.1) is 0 Å². The minimum atomic E-state index is -0.606. The number of halogens is 1. The van der Waals surface area contributed by atoms with Gasteiger partial charge in [-0.05, 0) is 53.7 Å². The molecule has 24 heavy (non-hydrogen) atoms. The van der Waals surface area contributed by atoms with Crippen molar-refractivity contribution in [2.75, 3.05) is 0 Å². The molecule has 0 atom stereocenters. The van der Waals surface area contributed by atoms with Gasteiger partial charge in [0.05, 0.1) is 0 Å². The number of carbonyl (C=O) groups excluding carboxylic acids is 1. The van der Waals surface area contributed by atoms with E-state index in [9.17, 15) is 4.79 Å². The highest BCUT2D eigenvalue weighted by Gasteiger charge is 2.14. The molecule has 0 saturated carbocycles. The topological polar surface area (TPSA) is 75.1 Å². The third kappa shape index (κ3) is 3.88. The van der Waals surface area contributed by atoms with Crippen molar-refractivity contribution in [3.05, 3.63) is 73.6 Å². The number of rotatable bonds is 5. The second-order valence-electron chi connectivity index (χ2n) is 5.45. The van der Waals surface area contributed by atoms with Crippen LogP contribution in [-0.2, 0) is 13.0 Å². The summed E-state index contributed by atoms with van der Waals surface area (Å²) in [6.45, 7) is 6.07. The van der Waals surface area contributed by atoms with Crippen molar-refractivity contribution in [2.24, 2.45) is 5.11 Å². The first-order chi connectivity index (χ1) is 11.5. The standard InChI is InChI=1S/C18H18ClN3O2/c1-4-13-6-5-7-14(18(23)21-22-20)15(13)10-24-17-9-16(19)11(2)8-12(17)3/h5-9H,4,10H2,1-3H3. The first-order valence-corrected chi connectivity index (χ1v) is 7.95. The Morgan fingerprint density at radius 3 is 2.71 bits per heavy atom. The Labute approximate surface area is 145 Å². The quantitative estimate of drug-likeness (QED) is 0.405. The number of amides is 1. The summed E-state index contributed by atoms with van der Waals surface area (Å²) < 4.78 is 5.90. The van der Waals surface area contributed by atoms with E-state index in [1.54, 1.807) is 18.2 Å². The fraction of sp³-hybridized carbons (Fsp3) is 0.278. The summed E-state index contributed by atoms with van der Waals surface area (Å²) in [5.74, 6) is 0.0590. The first kappa shape index (κ1) is 17.9. The lowest BCUT2D eigenvalue weighted by Gasteiger charge is -2.15. The van der Waals surface area contributed by atoms with E-state index in [2.05, 4.69) is 10.0 Å². The van der Waals surface area contributed by atoms with Gasteiger partial charge in [0.1, 0.15) is 12.4 Å². The highest BCUT2D eigenvalue weighted by Crippen LogP contribution is 2.28. The molecule has 0 fully saturated rings. The third-order valence-corrected chi connectivity index (χ3v) is 4.26. The maximum absolute atomic E-state index is 12.0. The van der Waals surface area contributed by atoms with E-state index in [4.69, 9.17) is 21.9 Å². The van der Waals surface area contributed by atoms with Crippen LogP contribution in [0.5, 0.6) is 5.75 Å². The Morgan fingerprint density at radius 1 is 1.29 bits per heavy atom. The number of aryl methyl sites for hydroxylation is 3. The minimum absolute atomic E-state index is 0.201. The zero-order valence-electron chi connectivity index (χ0n) is 13.8. The third-order valence-electron chi connectivity index (χ3n) is 3.85. The molecule has 0 unspecified atom stereocenters. The van der Waals surface area contributed by atoms with Crippen molar-refractivity contribution in [3.63, 3.8) is 0 Å². The SMILES string of the molecule is CCc1cccc(C(=O)N=[N+]=[N-])c1COc1cc(Cl)c(C)cc1C. The van der Waals surface area contributed by atoms with Gasteiger partial charge in [-0.1, -0.05) is 42.8 Å². The lowest BCUT2D eigenvalue weighted by atomic mass is 9.99. The van der Waals surface area contributed by atoms with Crippen LogP contribution >= 0.6 is 11.6 Å². The summed E-state index contributed by atoms with van der Waals surface area (Å²) in [5, 5.41) is 3.82. The maximum Gasteiger partial charge on any atom is 0.249 e. The molecular weight excluding hydrogens is 326 g/mol. The highest BCUT2D eigenvalue weighted by molar-refractivity contribution is 6.31. The first-order valence-electron chi connectivity index (χ1n) is 7.57. The molecule has 6 heteroatoms. The molecule has 0 aliphatic carbocycles. The molecule has 0 aliphatic rings. The van der Waals surface area contributed by atoms with Gasteiger partial charge in [0.2, 0.25) is 5.91 Å². The minimum Gasteiger partial charge on any atom is -0.489 e. The zero-order valence-corrected chi connectivity index (χ0v) is 14.6. The summed E-state index contributed by atoms with van der Waals surface area (Å²) in [7, 11) is 0. The Morgan fingerprint density at radius 2 is 2.04 bits per heavy atom. The van der Waals surface area contributed by atoms with E-state index in [1.165, 1.54) is 0 Å². The van der Waals surface area contributed by atoms with Crippen molar-refractivity contribution in [1.82, 2.24) is 0 Å². The summed E-state index contributed by atoms with van der Waals surface area (Å²) in [6, 6.07) is 9.08. The fourth-order valence-electron chi connectivity index (χ4n) is 2.54. The van der Waals surface area contributed by atoms with Crippen LogP contribution in [0.15, 0.2) is 35.4 Å². The molecule has 0 bridgehead atoms. The molecule has 1 amide bonds. The van der Waals surface area contributed by atoms with E-state index in [0.717, 1.165) is 28.7 Å². The van der Waals surface area contributed by atoms with E-state index < -0.39 is 5.91 Å². The largest absolute Gasteiger partial charge is 0.489 e. The molecule has 0 aliphatic heterocycles. The zero-order chi connectivity index (χ0) is 17.7. The normalized spacial score (nSPS) is 10.2. The van der Waals surface area contributed by atoms with Crippen LogP contribution in [0.4, 0.5) is 0 Å². The van der Waals surface area contributed by atoms with Gasteiger partial charge >= 0.3 is 0 Å². The molecule has 2 aromatic carbocycles. The summed E-state index contributed by atoms with van der Waals surface area (Å²) in [6.07, 6.45) is 0.740. The number of nitrogens with zero attached hydrogens (tertiary/aromatic N) is 3. The highest BCUT2D eigenvalue weighted by atomic mass is 35.5. The molecule has 5 nitrogen and oxygen atoms in total. The van der Waals surface area contributed by atoms with Crippen molar-refractivity contribution in [2.45, 2.75) is 33.8 Å². The van der Waals surface area contributed by atoms with Crippen molar-refractivity contribution in [3.8, 4) is 5.75 Å². The van der Waals surface area contributed by atoms with Crippen LogP contribution < -0.4 is 4.74 Å². The molecule has 0 spiro atoms. The molecule has 124 valence electrons. The summed E-state index contributed by atoms with van der Waals surface area (Å²) >= 11 is 6.16. The molecule has 0 saturated heterocycles. The molecule has 2 rings (SSSR count). The number of hydrogen-bond donors (Lipinski definition) is 0. The van der Waals surface area contributed by atoms with Gasteiger partial charge in [-0.3, -0.25) is 4.79 Å². The number of benzene rings is 2. The molecular formula is C18H18ClN3O2. The van der Waals surface area contributed by atoms with E-state index in [0.29, 0.717) is 16.3 Å². The number of hydrogen-bond acceptors (Lipinski definition) is 2. The van der Waals surface area contributed by atoms with Crippen molar-refractivity contribution < 1.29 is 9.53 Å². The predicted octanol–water partition coefficient (Wildman–Crippen LogP) is 5.55. The Kier molecular flexibility index (Phi) is 5.85. The van der Waals surface area contributed by atoms with Gasteiger partial charge < -0.3 is 4.74 Å². The van der Waals surface area contributed by atoms with Gasteiger partial charge in [0.15, 0.2) is 0 Å². The Hall–Kier alpha value is -2.49. The fourth-order valence-corrected chi connectivity index (χ4v) is 2.70. The predicted molar refractivity (Wildman–Crippen MR) is 94.6 cm³/mol. The molecule has 2 aromatic rings. The van der Waals surface area contributed by atoms with Crippen molar-refractivity contribution in [1.29, 1.82) is 0 Å². The van der Waals surface area contributed by atoms with E-state index in [-0.39, 0.29) is 6.61 Å². The van der Waals surface area contributed by atoms with Crippen LogP contribution in [0.3, 0.4) is 0 Å². The lowest BCUT2D eigenvalue weighted by Crippen LogP contribution is -2.08. The smallest absolute Gasteiger partial charge is 0.249 e. The molecule has 0 heterocycles. The van der Waals surface area contributed by atoms with Crippen molar-refractivity contribution >= 4 is 17.5 Å². The van der Waals surface area contributed by atoms with E-state index in [1.807, 2.05) is 32.9 Å². The van der Waals surface area contributed by atoms with Crippen LogP contribution in [0, 0.1) is 13.8 Å². The van der Waals surface area contributed by atoms with Gasteiger partial charge in [0, 0.05) is 21.1 Å². The number of ether oxygens (including phenoxy) is 1. The van der Waals surface area contributed by atoms with Gasteiger partial charge in [0.25, 0.3) is 0 Å². The number of azide groups is 1. The Bertz CT molecular complexity index is 827. The summed E-state index contributed by atoms with van der Waals surface area (Å²) in [4.78, 5) is 14.6. The van der Waals surface area contributed by atoms with E-state index >= 15 is 0 Å². The lowest BCUT2D eigenvalue weighted by molar-refractivity contribution is 0.0997. The second-order valence-corrected chi connectivity index (χ2v) is 5.85. The van der Waals surface area contributed by atoms with Crippen LogP contribution in [0.1, 0.15) is 39.5 Å². The maximum atomic E-state index is 12.0. The number of carbonyl (C=O) groups is 1. The monoisotopic (exact) mass is 343 g/mol. The van der Waals surface area contributed by atoms with Gasteiger partial charge in [-0.25, -0.2) is 0 Å². The molecule has 0 aromatic heterocycles.